The van der Waals surface area contributed by atoms with Gasteiger partial charge in [0.1, 0.15) is 6.61 Å². The molecule has 0 bridgehead atoms. The molecule has 0 heterocycles. The van der Waals surface area contributed by atoms with Crippen molar-refractivity contribution in [3.05, 3.63) is 85.1 Å². The average molecular weight is 920 g/mol. The van der Waals surface area contributed by atoms with Gasteiger partial charge in [0.05, 0.1) is 6.61 Å². The third-order valence-electron chi connectivity index (χ3n) is 11.9. The normalized spacial score (nSPS) is 12.8. The first-order valence-electron chi connectivity index (χ1n) is 28.1. The number of rotatable bonds is 51. The molecule has 1 unspecified atom stereocenters. The number of carbonyl (C=O) groups is 2. The summed E-state index contributed by atoms with van der Waals surface area (Å²) in [5.41, 5.74) is 0. The maximum absolute atomic E-state index is 12.8. The maximum atomic E-state index is 12.8. The largest absolute Gasteiger partial charge is 0.462 e. The van der Waals surface area contributed by atoms with Gasteiger partial charge in [0.25, 0.3) is 0 Å². The zero-order valence-electron chi connectivity index (χ0n) is 43.7. The van der Waals surface area contributed by atoms with Crippen LogP contribution in [-0.4, -0.2) is 37.9 Å². The lowest BCUT2D eigenvalue weighted by molar-refractivity contribution is -0.163. The highest BCUT2D eigenvalue weighted by molar-refractivity contribution is 5.70. The van der Waals surface area contributed by atoms with Gasteiger partial charge in [-0.1, -0.05) is 228 Å². The first-order chi connectivity index (χ1) is 32.6. The van der Waals surface area contributed by atoms with Crippen LogP contribution in [-0.2, 0) is 23.8 Å². The van der Waals surface area contributed by atoms with Gasteiger partial charge < -0.3 is 14.2 Å². The smallest absolute Gasteiger partial charge is 0.306 e. The Morgan fingerprint density at radius 1 is 0.348 bits per heavy atom. The van der Waals surface area contributed by atoms with Gasteiger partial charge >= 0.3 is 11.9 Å². The molecule has 0 aromatic rings. The zero-order chi connectivity index (χ0) is 47.7. The molecule has 0 aliphatic rings. The van der Waals surface area contributed by atoms with Crippen LogP contribution in [0.4, 0.5) is 0 Å². The first-order valence-corrected chi connectivity index (χ1v) is 28.1. The lowest BCUT2D eigenvalue weighted by atomic mass is 10.1. The van der Waals surface area contributed by atoms with Crippen molar-refractivity contribution < 1.29 is 23.8 Å². The van der Waals surface area contributed by atoms with Crippen LogP contribution in [0.2, 0.25) is 0 Å². The molecule has 0 radical (unpaired) electrons. The minimum atomic E-state index is -0.557. The van der Waals surface area contributed by atoms with Crippen molar-refractivity contribution in [1.82, 2.24) is 0 Å². The molecule has 0 aliphatic heterocycles. The molecule has 5 heteroatoms. The zero-order valence-corrected chi connectivity index (χ0v) is 43.7. The Labute approximate surface area is 409 Å². The summed E-state index contributed by atoms with van der Waals surface area (Å²) in [6.45, 7) is 7.58. The van der Waals surface area contributed by atoms with Crippen LogP contribution in [0, 0.1) is 0 Å². The minimum absolute atomic E-state index is 0.0662. The van der Waals surface area contributed by atoms with E-state index in [0.29, 0.717) is 19.4 Å². The summed E-state index contributed by atoms with van der Waals surface area (Å²) in [5.74, 6) is -0.433. The Balaban J connectivity index is 4.30. The molecule has 0 saturated carbocycles. The van der Waals surface area contributed by atoms with Crippen LogP contribution in [0.25, 0.3) is 0 Å². The number of esters is 2. The van der Waals surface area contributed by atoms with Gasteiger partial charge in [0.15, 0.2) is 6.10 Å². The number of ether oxygens (including phenoxy) is 3. The van der Waals surface area contributed by atoms with E-state index >= 15 is 0 Å². The molecule has 5 nitrogen and oxygen atoms in total. The standard InChI is InChI=1S/C61H106O5/c1-4-7-10-13-16-19-22-25-28-29-30-31-32-35-38-41-44-47-50-53-56-64-57-59(66-61(63)55-52-49-46-43-40-37-34-27-24-21-18-15-12-9-6-3)58-65-60(62)54-51-48-45-42-39-36-33-26-23-20-17-14-11-8-5-2/h8-9,11-12,17-18,20-21,25-28,33-34,59H,4-7,10,13-16,19,22-24,29-32,35-58H2,1-3H3/b11-8-,12-9-,20-17-,21-18-,28-25-,33-26-,34-27-. The summed E-state index contributed by atoms with van der Waals surface area (Å²) < 4.78 is 17.4. The molecule has 0 aromatic carbocycles. The average Bonchev–Trinajstić information content (AvgIpc) is 3.32. The molecule has 0 amide bonds. The van der Waals surface area contributed by atoms with Crippen LogP contribution >= 0.6 is 0 Å². The van der Waals surface area contributed by atoms with Crippen LogP contribution in [0.5, 0.6) is 0 Å². The molecular formula is C61H106O5. The third-order valence-corrected chi connectivity index (χ3v) is 11.9. The fourth-order valence-electron chi connectivity index (χ4n) is 7.77. The molecule has 0 fully saturated rings. The highest BCUT2D eigenvalue weighted by atomic mass is 16.6. The third kappa shape index (κ3) is 53.7. The fraction of sp³-hybridized carbons (Fsp3) is 0.738. The summed E-state index contributed by atoms with van der Waals surface area (Å²) in [7, 11) is 0. The van der Waals surface area contributed by atoms with Gasteiger partial charge in [0.2, 0.25) is 0 Å². The van der Waals surface area contributed by atoms with Crippen molar-refractivity contribution in [2.75, 3.05) is 19.8 Å². The Hall–Kier alpha value is -2.92. The molecule has 66 heavy (non-hydrogen) atoms. The van der Waals surface area contributed by atoms with E-state index in [0.717, 1.165) is 103 Å². The van der Waals surface area contributed by atoms with E-state index in [1.807, 2.05) is 0 Å². The van der Waals surface area contributed by atoms with Crippen LogP contribution in [0.15, 0.2) is 85.1 Å². The fourth-order valence-corrected chi connectivity index (χ4v) is 7.77. The lowest BCUT2D eigenvalue weighted by Gasteiger charge is -2.18. The number of carbonyl (C=O) groups excluding carboxylic acids is 2. The first kappa shape index (κ1) is 63.1. The van der Waals surface area contributed by atoms with Gasteiger partial charge in [-0.2, -0.15) is 0 Å². The summed E-state index contributed by atoms with van der Waals surface area (Å²) in [6, 6.07) is 0. The van der Waals surface area contributed by atoms with Crippen molar-refractivity contribution in [2.24, 2.45) is 0 Å². The monoisotopic (exact) mass is 919 g/mol. The molecule has 0 aromatic heterocycles. The molecule has 0 N–H and O–H groups in total. The lowest BCUT2D eigenvalue weighted by Crippen LogP contribution is -2.30. The minimum Gasteiger partial charge on any atom is -0.462 e. The molecule has 0 saturated heterocycles. The van der Waals surface area contributed by atoms with E-state index in [4.69, 9.17) is 14.2 Å². The van der Waals surface area contributed by atoms with E-state index < -0.39 is 6.10 Å². The van der Waals surface area contributed by atoms with E-state index in [-0.39, 0.29) is 25.2 Å². The van der Waals surface area contributed by atoms with Crippen LogP contribution in [0.1, 0.15) is 265 Å². The summed E-state index contributed by atoms with van der Waals surface area (Å²) >= 11 is 0. The van der Waals surface area contributed by atoms with Gasteiger partial charge in [0, 0.05) is 19.4 Å². The molecular weight excluding hydrogens is 813 g/mol. The van der Waals surface area contributed by atoms with Gasteiger partial charge in [-0.3, -0.25) is 9.59 Å². The number of hydrogen-bond acceptors (Lipinski definition) is 5. The van der Waals surface area contributed by atoms with Gasteiger partial charge in [-0.25, -0.2) is 0 Å². The SMILES string of the molecule is CC/C=C\C/C=C\C/C=C\CCCCCCCC(=O)OCC(COCCCCCCCCCCCC/C=C\CCCCCCCC)OC(=O)CCCCCCC/C=C\C/C=C\C/C=C\CC. The molecule has 1 atom stereocenters. The Kier molecular flexibility index (Phi) is 53.9. The Morgan fingerprint density at radius 2 is 0.682 bits per heavy atom. The van der Waals surface area contributed by atoms with Crippen molar-refractivity contribution in [1.29, 1.82) is 0 Å². The van der Waals surface area contributed by atoms with Gasteiger partial charge in [-0.05, 0) is 109 Å². The van der Waals surface area contributed by atoms with Crippen LogP contribution in [0.3, 0.4) is 0 Å². The topological polar surface area (TPSA) is 61.8 Å². The quantitative estimate of drug-likeness (QED) is 0.0346. The van der Waals surface area contributed by atoms with E-state index in [1.165, 1.54) is 128 Å². The Morgan fingerprint density at radius 3 is 1.11 bits per heavy atom. The Bertz CT molecular complexity index is 1220. The van der Waals surface area contributed by atoms with E-state index in [1.54, 1.807) is 0 Å². The summed E-state index contributed by atoms with van der Waals surface area (Å²) in [4.78, 5) is 25.5. The highest BCUT2D eigenvalue weighted by Gasteiger charge is 2.17. The maximum Gasteiger partial charge on any atom is 0.306 e. The van der Waals surface area contributed by atoms with Crippen LogP contribution < -0.4 is 0 Å². The van der Waals surface area contributed by atoms with Crippen molar-refractivity contribution in [3.8, 4) is 0 Å². The number of unbranched alkanes of at least 4 members (excludes halogenated alkanes) is 26. The predicted molar refractivity (Wildman–Crippen MR) is 288 cm³/mol. The molecule has 0 rings (SSSR count). The second-order valence-electron chi connectivity index (χ2n) is 18.4. The summed E-state index contributed by atoms with van der Waals surface area (Å²) in [5, 5.41) is 0. The van der Waals surface area contributed by atoms with Crippen molar-refractivity contribution in [2.45, 2.75) is 271 Å². The van der Waals surface area contributed by atoms with E-state index in [9.17, 15) is 9.59 Å². The molecule has 0 aliphatic carbocycles. The van der Waals surface area contributed by atoms with Gasteiger partial charge in [-0.15, -0.1) is 0 Å². The van der Waals surface area contributed by atoms with Crippen molar-refractivity contribution >= 4 is 11.9 Å². The predicted octanol–water partition coefficient (Wildman–Crippen LogP) is 19.2. The van der Waals surface area contributed by atoms with E-state index in [2.05, 4.69) is 106 Å². The second kappa shape index (κ2) is 56.4. The highest BCUT2D eigenvalue weighted by Crippen LogP contribution is 2.14. The number of hydrogen-bond donors (Lipinski definition) is 0. The van der Waals surface area contributed by atoms with Crippen molar-refractivity contribution in [3.63, 3.8) is 0 Å². The molecule has 0 spiro atoms. The second-order valence-corrected chi connectivity index (χ2v) is 18.4. The summed E-state index contributed by atoms with van der Waals surface area (Å²) in [6.07, 6.45) is 74.6. The number of allylic oxidation sites excluding steroid dienone is 14. The molecule has 380 valence electrons.